The molecule has 1 aromatic rings. The van der Waals surface area contributed by atoms with Crippen molar-refractivity contribution >= 4 is 5.57 Å². The molecule has 0 aliphatic heterocycles. The Labute approximate surface area is 86.8 Å². The number of nitrogens with one attached hydrogen (secondary N) is 1. The van der Waals surface area contributed by atoms with Gasteiger partial charge in [0.05, 0.1) is 0 Å². The summed E-state index contributed by atoms with van der Waals surface area (Å²) in [6.45, 7) is 7.43. The monoisotopic (exact) mass is 189 g/mol. The van der Waals surface area contributed by atoms with Gasteiger partial charge in [-0.2, -0.15) is 0 Å². The third kappa shape index (κ3) is 3.00. The van der Waals surface area contributed by atoms with Crippen LogP contribution in [0.2, 0.25) is 0 Å². The molecule has 0 spiro atoms. The minimum atomic E-state index is 0.546. The maximum atomic E-state index is 4.15. The fourth-order valence-corrected chi connectivity index (χ4v) is 1.47. The van der Waals surface area contributed by atoms with Crippen molar-refractivity contribution in [2.45, 2.75) is 13.3 Å². The van der Waals surface area contributed by atoms with Gasteiger partial charge in [0.2, 0.25) is 0 Å². The molecule has 0 heterocycles. The molecule has 0 saturated heterocycles. The highest BCUT2D eigenvalue weighted by Crippen LogP contribution is 2.22. The molecule has 1 N–H and O–H groups in total. The smallest absolute Gasteiger partial charge is 0.00462 e. The lowest BCUT2D eigenvalue weighted by Crippen LogP contribution is -2.12. The van der Waals surface area contributed by atoms with E-state index in [4.69, 9.17) is 0 Å². The molecule has 0 bridgehead atoms. The van der Waals surface area contributed by atoms with Crippen LogP contribution in [-0.4, -0.2) is 13.6 Å². The summed E-state index contributed by atoms with van der Waals surface area (Å²) < 4.78 is 0. The largest absolute Gasteiger partial charge is 0.320 e. The lowest BCUT2D eigenvalue weighted by molar-refractivity contribution is 0.624. The maximum absolute atomic E-state index is 4.15. The number of hydrogen-bond donors (Lipinski definition) is 1. The van der Waals surface area contributed by atoms with Crippen LogP contribution in [0.5, 0.6) is 0 Å². The fourth-order valence-electron chi connectivity index (χ4n) is 1.47. The zero-order chi connectivity index (χ0) is 10.4. The van der Waals surface area contributed by atoms with E-state index >= 15 is 0 Å². The van der Waals surface area contributed by atoms with Crippen LogP contribution >= 0.6 is 0 Å². The lowest BCUT2D eigenvalue weighted by atomic mass is 9.93. The summed E-state index contributed by atoms with van der Waals surface area (Å²) in [4.78, 5) is 0. The first-order chi connectivity index (χ1) is 6.75. The highest BCUT2D eigenvalue weighted by Gasteiger charge is 2.07. The Balaban J connectivity index is 2.57. The molecule has 1 aromatic carbocycles. The summed E-state index contributed by atoms with van der Waals surface area (Å²) in [7, 11) is 1.98. The zero-order valence-electron chi connectivity index (χ0n) is 9.09. The van der Waals surface area contributed by atoms with Gasteiger partial charge in [0.1, 0.15) is 0 Å². The van der Waals surface area contributed by atoms with Crippen LogP contribution in [0.4, 0.5) is 0 Å². The first kappa shape index (κ1) is 11.0. The number of rotatable bonds is 5. The maximum Gasteiger partial charge on any atom is -0.00462 e. The second-order valence-electron chi connectivity index (χ2n) is 3.68. The van der Waals surface area contributed by atoms with E-state index in [1.54, 1.807) is 0 Å². The summed E-state index contributed by atoms with van der Waals surface area (Å²) in [5.41, 5.74) is 2.50. The van der Waals surface area contributed by atoms with Gasteiger partial charge >= 0.3 is 0 Å². The molecule has 0 saturated carbocycles. The number of benzene rings is 1. The average Bonchev–Trinajstić information content (AvgIpc) is 2.26. The quantitative estimate of drug-likeness (QED) is 0.751. The van der Waals surface area contributed by atoms with Crippen molar-refractivity contribution in [3.63, 3.8) is 0 Å². The van der Waals surface area contributed by atoms with Gasteiger partial charge in [0.15, 0.2) is 0 Å². The molecule has 0 radical (unpaired) electrons. The highest BCUT2D eigenvalue weighted by atomic mass is 14.8. The van der Waals surface area contributed by atoms with Gasteiger partial charge in [-0.05, 0) is 37.1 Å². The molecular formula is C13H19N. The van der Waals surface area contributed by atoms with Crippen molar-refractivity contribution in [3.8, 4) is 0 Å². The van der Waals surface area contributed by atoms with E-state index in [2.05, 4.69) is 43.1 Å². The third-order valence-electron chi connectivity index (χ3n) is 2.57. The summed E-state index contributed by atoms with van der Waals surface area (Å²) in [6.07, 6.45) is 1.14. The van der Waals surface area contributed by atoms with Crippen molar-refractivity contribution in [2.24, 2.45) is 5.92 Å². The summed E-state index contributed by atoms with van der Waals surface area (Å²) in [5, 5.41) is 3.16. The number of hydrogen-bond acceptors (Lipinski definition) is 1. The van der Waals surface area contributed by atoms with E-state index in [1.807, 2.05) is 13.1 Å². The summed E-state index contributed by atoms with van der Waals surface area (Å²) >= 11 is 0. The number of allylic oxidation sites excluding steroid dienone is 1. The van der Waals surface area contributed by atoms with Crippen molar-refractivity contribution < 1.29 is 0 Å². The minimum Gasteiger partial charge on any atom is -0.320 e. The average molecular weight is 189 g/mol. The van der Waals surface area contributed by atoms with E-state index in [9.17, 15) is 0 Å². The molecule has 1 rings (SSSR count). The predicted octanol–water partition coefficient (Wildman–Crippen LogP) is 2.95. The van der Waals surface area contributed by atoms with Gasteiger partial charge in [-0.3, -0.25) is 0 Å². The first-order valence-corrected chi connectivity index (χ1v) is 5.14. The molecule has 1 unspecified atom stereocenters. The standard InChI is InChI=1S/C13H19N/c1-11(9-10-14-3)12(2)13-7-5-4-6-8-13/h4-8,11,14H,2,9-10H2,1,3H3. The first-order valence-electron chi connectivity index (χ1n) is 5.14. The Bertz CT molecular complexity index is 277. The van der Waals surface area contributed by atoms with Crippen LogP contribution in [0, 0.1) is 5.92 Å². The van der Waals surface area contributed by atoms with Gasteiger partial charge < -0.3 is 5.32 Å². The Morgan fingerprint density at radius 1 is 1.36 bits per heavy atom. The molecule has 1 nitrogen and oxygen atoms in total. The highest BCUT2D eigenvalue weighted by molar-refractivity contribution is 5.64. The Morgan fingerprint density at radius 3 is 2.57 bits per heavy atom. The van der Waals surface area contributed by atoms with Gasteiger partial charge in [0, 0.05) is 0 Å². The summed E-state index contributed by atoms with van der Waals surface area (Å²) in [5.74, 6) is 0.546. The van der Waals surface area contributed by atoms with Crippen LogP contribution in [0.3, 0.4) is 0 Å². The van der Waals surface area contributed by atoms with Crippen molar-refractivity contribution in [1.29, 1.82) is 0 Å². The van der Waals surface area contributed by atoms with Crippen LogP contribution in [0.25, 0.3) is 5.57 Å². The van der Waals surface area contributed by atoms with Crippen molar-refractivity contribution in [3.05, 3.63) is 42.5 Å². The van der Waals surface area contributed by atoms with Crippen LogP contribution in [0.1, 0.15) is 18.9 Å². The van der Waals surface area contributed by atoms with Gasteiger partial charge in [-0.25, -0.2) is 0 Å². The molecular weight excluding hydrogens is 170 g/mol. The van der Waals surface area contributed by atoms with E-state index in [0.717, 1.165) is 13.0 Å². The van der Waals surface area contributed by atoms with E-state index in [1.165, 1.54) is 11.1 Å². The van der Waals surface area contributed by atoms with Gasteiger partial charge in [-0.15, -0.1) is 0 Å². The van der Waals surface area contributed by atoms with E-state index in [-0.39, 0.29) is 0 Å². The molecule has 1 heteroatoms. The van der Waals surface area contributed by atoms with Crippen LogP contribution in [-0.2, 0) is 0 Å². The lowest BCUT2D eigenvalue weighted by Gasteiger charge is -2.14. The Hall–Kier alpha value is -1.08. The zero-order valence-corrected chi connectivity index (χ0v) is 9.09. The molecule has 1 atom stereocenters. The molecule has 0 aromatic heterocycles. The third-order valence-corrected chi connectivity index (χ3v) is 2.57. The van der Waals surface area contributed by atoms with Gasteiger partial charge in [0.25, 0.3) is 0 Å². The van der Waals surface area contributed by atoms with Crippen molar-refractivity contribution in [2.75, 3.05) is 13.6 Å². The fraction of sp³-hybridized carbons (Fsp3) is 0.385. The van der Waals surface area contributed by atoms with Crippen LogP contribution in [0.15, 0.2) is 36.9 Å². The SMILES string of the molecule is C=C(c1ccccc1)C(C)CCNC. The molecule has 14 heavy (non-hydrogen) atoms. The topological polar surface area (TPSA) is 12.0 Å². The second-order valence-corrected chi connectivity index (χ2v) is 3.68. The molecule has 0 aliphatic carbocycles. The molecule has 0 aliphatic rings. The Kier molecular flexibility index (Phi) is 4.41. The van der Waals surface area contributed by atoms with Gasteiger partial charge in [-0.1, -0.05) is 43.8 Å². The minimum absolute atomic E-state index is 0.546. The van der Waals surface area contributed by atoms with Crippen LogP contribution < -0.4 is 5.32 Å². The summed E-state index contributed by atoms with van der Waals surface area (Å²) in [6, 6.07) is 10.4. The van der Waals surface area contributed by atoms with E-state index in [0.29, 0.717) is 5.92 Å². The van der Waals surface area contributed by atoms with Crippen molar-refractivity contribution in [1.82, 2.24) is 5.32 Å². The predicted molar refractivity (Wildman–Crippen MR) is 63.2 cm³/mol. The van der Waals surface area contributed by atoms with E-state index < -0.39 is 0 Å². The second kappa shape index (κ2) is 5.61. The Morgan fingerprint density at radius 2 is 2.00 bits per heavy atom. The molecule has 0 fully saturated rings. The normalized spacial score (nSPS) is 12.4. The molecule has 0 amide bonds. The molecule has 76 valence electrons.